The predicted octanol–water partition coefficient (Wildman–Crippen LogP) is 3.90. The standard InChI is InChI=1S/C19H17F3N2O3S/c1-12(13-6-8-14(9-7-13)27-19(20,21)22)23-17(25)10-24-15-4-2-3-5-16(15)28-11-18(24)26/h2-9,12H,10-11H2,1H3,(H,23,25). The van der Waals surface area contributed by atoms with E-state index in [0.717, 1.165) is 4.90 Å². The molecule has 0 saturated heterocycles. The number of carbonyl (C=O) groups excluding carboxylic acids is 2. The maximum atomic E-state index is 12.4. The molecule has 0 fully saturated rings. The quantitative estimate of drug-likeness (QED) is 0.812. The van der Waals surface area contributed by atoms with Gasteiger partial charge in [-0.15, -0.1) is 24.9 Å². The number of para-hydroxylation sites is 1. The van der Waals surface area contributed by atoms with E-state index in [2.05, 4.69) is 10.1 Å². The molecular weight excluding hydrogens is 393 g/mol. The molecular formula is C19H17F3N2O3S. The molecule has 5 nitrogen and oxygen atoms in total. The summed E-state index contributed by atoms with van der Waals surface area (Å²) < 4.78 is 40.5. The van der Waals surface area contributed by atoms with Crippen molar-refractivity contribution in [2.24, 2.45) is 0 Å². The number of amides is 2. The zero-order chi connectivity index (χ0) is 20.3. The molecule has 1 aliphatic heterocycles. The van der Waals surface area contributed by atoms with Gasteiger partial charge in [0.05, 0.1) is 17.5 Å². The number of anilines is 1. The van der Waals surface area contributed by atoms with Gasteiger partial charge in [-0.3, -0.25) is 9.59 Å². The highest BCUT2D eigenvalue weighted by atomic mass is 32.2. The lowest BCUT2D eigenvalue weighted by atomic mass is 10.1. The van der Waals surface area contributed by atoms with Crippen LogP contribution >= 0.6 is 11.8 Å². The van der Waals surface area contributed by atoms with Crippen LogP contribution in [0.1, 0.15) is 18.5 Å². The van der Waals surface area contributed by atoms with Crippen molar-refractivity contribution in [3.05, 3.63) is 54.1 Å². The molecule has 0 aromatic heterocycles. The minimum absolute atomic E-state index is 0.129. The molecule has 2 amide bonds. The molecule has 3 rings (SSSR count). The molecule has 1 atom stereocenters. The highest BCUT2D eigenvalue weighted by Gasteiger charge is 2.31. The Hall–Kier alpha value is -2.68. The van der Waals surface area contributed by atoms with Crippen molar-refractivity contribution in [1.82, 2.24) is 5.32 Å². The van der Waals surface area contributed by atoms with Gasteiger partial charge in [0.2, 0.25) is 11.8 Å². The van der Waals surface area contributed by atoms with E-state index in [0.29, 0.717) is 11.3 Å². The van der Waals surface area contributed by atoms with E-state index in [4.69, 9.17) is 0 Å². The molecule has 2 aromatic carbocycles. The third-order valence-electron chi connectivity index (χ3n) is 4.10. The maximum absolute atomic E-state index is 12.4. The number of carbonyl (C=O) groups is 2. The summed E-state index contributed by atoms with van der Waals surface area (Å²) in [7, 11) is 0. The van der Waals surface area contributed by atoms with E-state index in [1.165, 1.54) is 40.9 Å². The number of halogens is 3. The first-order valence-corrected chi connectivity index (χ1v) is 9.39. The second-order valence-electron chi connectivity index (χ2n) is 6.14. The Bertz CT molecular complexity index is 871. The van der Waals surface area contributed by atoms with Gasteiger partial charge in [0.25, 0.3) is 0 Å². The van der Waals surface area contributed by atoms with Gasteiger partial charge < -0.3 is 15.0 Å². The van der Waals surface area contributed by atoms with Gasteiger partial charge in [-0.2, -0.15) is 0 Å². The number of hydrogen-bond donors (Lipinski definition) is 1. The van der Waals surface area contributed by atoms with Crippen LogP contribution < -0.4 is 15.0 Å². The summed E-state index contributed by atoms with van der Waals surface area (Å²) in [4.78, 5) is 27.0. The molecule has 0 saturated carbocycles. The van der Waals surface area contributed by atoms with Crippen LogP contribution in [0.2, 0.25) is 0 Å². The summed E-state index contributed by atoms with van der Waals surface area (Å²) in [6.45, 7) is 1.58. The van der Waals surface area contributed by atoms with E-state index < -0.39 is 12.4 Å². The average molecular weight is 410 g/mol. The van der Waals surface area contributed by atoms with Crippen molar-refractivity contribution in [2.45, 2.75) is 24.2 Å². The molecule has 28 heavy (non-hydrogen) atoms. The summed E-state index contributed by atoms with van der Waals surface area (Å²) in [5.41, 5.74) is 1.31. The molecule has 0 aliphatic carbocycles. The monoisotopic (exact) mass is 410 g/mol. The molecule has 0 bridgehead atoms. The van der Waals surface area contributed by atoms with Gasteiger partial charge >= 0.3 is 6.36 Å². The topological polar surface area (TPSA) is 58.6 Å². The third-order valence-corrected chi connectivity index (χ3v) is 5.15. The fourth-order valence-corrected chi connectivity index (χ4v) is 3.74. The highest BCUT2D eigenvalue weighted by Crippen LogP contribution is 2.34. The molecule has 1 aliphatic rings. The number of rotatable bonds is 5. The Morgan fingerprint density at radius 1 is 1.21 bits per heavy atom. The zero-order valence-electron chi connectivity index (χ0n) is 14.8. The number of hydrogen-bond acceptors (Lipinski definition) is 4. The largest absolute Gasteiger partial charge is 0.573 e. The van der Waals surface area contributed by atoms with Crippen molar-refractivity contribution in [3.8, 4) is 5.75 Å². The van der Waals surface area contributed by atoms with Crippen LogP contribution in [0.25, 0.3) is 0 Å². The Morgan fingerprint density at radius 2 is 1.89 bits per heavy atom. The Labute approximate surface area is 163 Å². The lowest BCUT2D eigenvalue weighted by Gasteiger charge is -2.28. The number of benzene rings is 2. The van der Waals surface area contributed by atoms with Crippen LogP contribution in [0.5, 0.6) is 5.75 Å². The minimum atomic E-state index is -4.75. The first-order chi connectivity index (χ1) is 13.2. The second-order valence-corrected chi connectivity index (χ2v) is 7.16. The minimum Gasteiger partial charge on any atom is -0.406 e. The van der Waals surface area contributed by atoms with Gasteiger partial charge in [0.15, 0.2) is 0 Å². The SMILES string of the molecule is CC(NC(=O)CN1C(=O)CSc2ccccc21)c1ccc(OC(F)(F)F)cc1. The summed E-state index contributed by atoms with van der Waals surface area (Å²) in [6, 6.07) is 12.2. The van der Waals surface area contributed by atoms with E-state index >= 15 is 0 Å². The number of thioether (sulfide) groups is 1. The predicted molar refractivity (Wildman–Crippen MR) is 99.2 cm³/mol. The molecule has 9 heteroatoms. The molecule has 0 radical (unpaired) electrons. The number of ether oxygens (including phenoxy) is 1. The third kappa shape index (κ3) is 4.98. The van der Waals surface area contributed by atoms with Crippen molar-refractivity contribution < 1.29 is 27.5 Å². The fraction of sp³-hybridized carbons (Fsp3) is 0.263. The summed E-state index contributed by atoms with van der Waals surface area (Å²) in [5.74, 6) is -0.582. The van der Waals surface area contributed by atoms with Gasteiger partial charge in [-0.05, 0) is 36.8 Å². The van der Waals surface area contributed by atoms with E-state index in [1.54, 1.807) is 19.1 Å². The smallest absolute Gasteiger partial charge is 0.406 e. The van der Waals surface area contributed by atoms with Crippen molar-refractivity contribution in [3.63, 3.8) is 0 Å². The van der Waals surface area contributed by atoms with E-state index in [1.807, 2.05) is 12.1 Å². The summed E-state index contributed by atoms with van der Waals surface area (Å²) >= 11 is 1.43. The van der Waals surface area contributed by atoms with Gasteiger partial charge in [-0.25, -0.2) is 0 Å². The van der Waals surface area contributed by atoms with E-state index in [9.17, 15) is 22.8 Å². The van der Waals surface area contributed by atoms with Crippen molar-refractivity contribution in [1.29, 1.82) is 0 Å². The van der Waals surface area contributed by atoms with Gasteiger partial charge in [-0.1, -0.05) is 24.3 Å². The van der Waals surface area contributed by atoms with Crippen LogP contribution in [0.3, 0.4) is 0 Å². The number of fused-ring (bicyclic) bond motifs is 1. The lowest BCUT2D eigenvalue weighted by Crippen LogP contribution is -2.43. The maximum Gasteiger partial charge on any atom is 0.573 e. The number of alkyl halides is 3. The van der Waals surface area contributed by atoms with Crippen molar-refractivity contribution in [2.75, 3.05) is 17.2 Å². The van der Waals surface area contributed by atoms with Gasteiger partial charge in [0.1, 0.15) is 12.3 Å². The molecule has 1 heterocycles. The Balaban J connectivity index is 1.63. The summed E-state index contributed by atoms with van der Waals surface area (Å²) in [6.07, 6.45) is -4.75. The molecule has 0 spiro atoms. The first kappa shape index (κ1) is 20.1. The van der Waals surface area contributed by atoms with Crippen LogP contribution in [0, 0.1) is 0 Å². The number of nitrogens with zero attached hydrogens (tertiary/aromatic N) is 1. The fourth-order valence-electron chi connectivity index (χ4n) is 2.80. The van der Waals surface area contributed by atoms with Crippen LogP contribution in [0.15, 0.2) is 53.4 Å². The molecule has 148 valence electrons. The molecule has 2 aromatic rings. The molecule has 1 unspecified atom stereocenters. The van der Waals surface area contributed by atoms with Gasteiger partial charge in [0, 0.05) is 4.90 Å². The highest BCUT2D eigenvalue weighted by molar-refractivity contribution is 8.00. The second kappa shape index (κ2) is 8.14. The lowest BCUT2D eigenvalue weighted by molar-refractivity contribution is -0.274. The number of nitrogens with one attached hydrogen (secondary N) is 1. The summed E-state index contributed by atoms with van der Waals surface area (Å²) in [5, 5.41) is 2.76. The van der Waals surface area contributed by atoms with E-state index in [-0.39, 0.29) is 29.9 Å². The molecule has 1 N–H and O–H groups in total. The Morgan fingerprint density at radius 3 is 2.57 bits per heavy atom. The zero-order valence-corrected chi connectivity index (χ0v) is 15.6. The normalized spacial score (nSPS) is 15.0. The van der Waals surface area contributed by atoms with Crippen LogP contribution in [-0.4, -0.2) is 30.5 Å². The Kier molecular flexibility index (Phi) is 5.83. The van der Waals surface area contributed by atoms with Crippen molar-refractivity contribution >= 4 is 29.3 Å². The van der Waals surface area contributed by atoms with Crippen LogP contribution in [0.4, 0.5) is 18.9 Å². The first-order valence-electron chi connectivity index (χ1n) is 8.40. The van der Waals surface area contributed by atoms with Crippen LogP contribution in [-0.2, 0) is 9.59 Å². The average Bonchev–Trinajstić information content (AvgIpc) is 2.63.